The van der Waals surface area contributed by atoms with E-state index in [0.717, 1.165) is 5.56 Å². The molecule has 0 radical (unpaired) electrons. The lowest BCUT2D eigenvalue weighted by Crippen LogP contribution is -2.14. The van der Waals surface area contributed by atoms with E-state index >= 15 is 0 Å². The van der Waals surface area contributed by atoms with Crippen molar-refractivity contribution in [1.29, 1.82) is 0 Å². The van der Waals surface area contributed by atoms with Crippen LogP contribution in [0, 0.1) is 0 Å². The van der Waals surface area contributed by atoms with Crippen molar-refractivity contribution in [1.82, 2.24) is 9.55 Å². The van der Waals surface area contributed by atoms with Gasteiger partial charge in [0.1, 0.15) is 0 Å². The maximum absolute atomic E-state index is 12.3. The Labute approximate surface area is 166 Å². The summed E-state index contributed by atoms with van der Waals surface area (Å²) in [5, 5.41) is 12.9. The quantitative estimate of drug-likeness (QED) is 0.597. The maximum atomic E-state index is 12.3. The van der Waals surface area contributed by atoms with Gasteiger partial charge in [0.15, 0.2) is 16.7 Å². The zero-order chi connectivity index (χ0) is 19.3. The van der Waals surface area contributed by atoms with Crippen molar-refractivity contribution in [3.05, 3.63) is 66.0 Å². The number of fused-ring (bicyclic) bond motifs is 1. The van der Waals surface area contributed by atoms with E-state index in [-0.39, 0.29) is 25.1 Å². The number of hydrogen-bond donors (Lipinski definition) is 2. The molecular formula is C20H19N3O4S. The molecule has 2 aromatic carbocycles. The van der Waals surface area contributed by atoms with Crippen LogP contribution in [0.4, 0.5) is 5.69 Å². The number of carbonyl (C=O) groups is 1. The number of ether oxygens (including phenoxy) is 2. The number of nitrogens with zero attached hydrogens (tertiary/aromatic N) is 2. The van der Waals surface area contributed by atoms with Crippen LogP contribution in [-0.2, 0) is 17.9 Å². The van der Waals surface area contributed by atoms with E-state index in [1.54, 1.807) is 18.2 Å². The van der Waals surface area contributed by atoms with Gasteiger partial charge in [-0.1, -0.05) is 42.1 Å². The molecule has 1 aromatic heterocycles. The van der Waals surface area contributed by atoms with Gasteiger partial charge < -0.3 is 24.5 Å². The fourth-order valence-electron chi connectivity index (χ4n) is 2.84. The Morgan fingerprint density at radius 1 is 1.18 bits per heavy atom. The highest BCUT2D eigenvalue weighted by atomic mass is 32.2. The van der Waals surface area contributed by atoms with E-state index in [1.807, 2.05) is 41.1 Å². The van der Waals surface area contributed by atoms with E-state index in [9.17, 15) is 9.90 Å². The van der Waals surface area contributed by atoms with E-state index < -0.39 is 0 Å². The van der Waals surface area contributed by atoms with Crippen LogP contribution in [0.15, 0.2) is 59.9 Å². The summed E-state index contributed by atoms with van der Waals surface area (Å²) in [6.45, 7) is 0.679. The highest BCUT2D eigenvalue weighted by Gasteiger charge is 2.15. The van der Waals surface area contributed by atoms with Gasteiger partial charge in [0.05, 0.1) is 18.1 Å². The molecule has 0 atom stereocenters. The van der Waals surface area contributed by atoms with Crippen LogP contribution in [0.2, 0.25) is 0 Å². The predicted octanol–water partition coefficient (Wildman–Crippen LogP) is 2.88. The summed E-state index contributed by atoms with van der Waals surface area (Å²) in [7, 11) is 0. The zero-order valence-corrected chi connectivity index (χ0v) is 15.8. The number of aliphatic hydroxyl groups is 1. The molecule has 0 fully saturated rings. The Balaban J connectivity index is 1.40. The minimum atomic E-state index is -0.149. The number of aliphatic hydroxyl groups excluding tert-OH is 1. The molecule has 4 rings (SSSR count). The zero-order valence-electron chi connectivity index (χ0n) is 15.0. The number of amides is 1. The summed E-state index contributed by atoms with van der Waals surface area (Å²) in [6.07, 6.45) is 1.81. The lowest BCUT2D eigenvalue weighted by Gasteiger charge is -2.08. The lowest BCUT2D eigenvalue weighted by atomic mass is 10.2. The van der Waals surface area contributed by atoms with E-state index in [2.05, 4.69) is 10.3 Å². The molecule has 0 saturated heterocycles. The Hall–Kier alpha value is -2.97. The molecule has 0 unspecified atom stereocenters. The van der Waals surface area contributed by atoms with Crippen LogP contribution in [0.3, 0.4) is 0 Å². The summed E-state index contributed by atoms with van der Waals surface area (Å²) in [5.41, 5.74) is 2.35. The van der Waals surface area contributed by atoms with Gasteiger partial charge in [0.2, 0.25) is 12.7 Å². The highest BCUT2D eigenvalue weighted by molar-refractivity contribution is 7.99. The molecule has 7 nitrogen and oxygen atoms in total. The Kier molecular flexibility index (Phi) is 5.50. The molecule has 2 heterocycles. The molecule has 1 amide bonds. The van der Waals surface area contributed by atoms with Gasteiger partial charge in [-0.05, 0) is 17.7 Å². The second kappa shape index (κ2) is 8.37. The molecule has 144 valence electrons. The Morgan fingerprint density at radius 3 is 2.82 bits per heavy atom. The van der Waals surface area contributed by atoms with Crippen molar-refractivity contribution in [3.63, 3.8) is 0 Å². The van der Waals surface area contributed by atoms with Crippen LogP contribution in [0.5, 0.6) is 11.5 Å². The summed E-state index contributed by atoms with van der Waals surface area (Å²) in [4.78, 5) is 16.8. The van der Waals surface area contributed by atoms with Gasteiger partial charge >= 0.3 is 0 Å². The molecule has 2 N–H and O–H groups in total. The maximum Gasteiger partial charge on any atom is 0.234 e. The molecule has 0 bridgehead atoms. The Morgan fingerprint density at radius 2 is 2.00 bits per heavy atom. The van der Waals surface area contributed by atoms with Crippen molar-refractivity contribution < 1.29 is 19.4 Å². The number of carbonyl (C=O) groups excluding carboxylic acids is 1. The molecule has 0 saturated carbocycles. The van der Waals surface area contributed by atoms with Crippen LogP contribution >= 0.6 is 11.8 Å². The normalized spacial score (nSPS) is 12.2. The molecule has 28 heavy (non-hydrogen) atoms. The number of benzene rings is 2. The standard InChI is InChI=1S/C20H19N3O4S/c24-11-16-10-23(9-14-4-2-1-3-5-14)20(22-16)28-12-19(25)21-15-6-7-17-18(8-15)27-13-26-17/h1-8,10,24H,9,11-13H2,(H,21,25). The summed E-state index contributed by atoms with van der Waals surface area (Å²) in [5.74, 6) is 1.34. The average Bonchev–Trinajstić information content (AvgIpc) is 3.33. The number of nitrogens with one attached hydrogen (secondary N) is 1. The monoisotopic (exact) mass is 397 g/mol. The first-order valence-electron chi connectivity index (χ1n) is 8.74. The largest absolute Gasteiger partial charge is 0.454 e. The number of thioether (sulfide) groups is 1. The Bertz CT molecular complexity index is 975. The SMILES string of the molecule is O=C(CSc1nc(CO)cn1Cc1ccccc1)Nc1ccc2c(c1)OCO2. The van der Waals surface area contributed by atoms with Crippen molar-refractivity contribution in [3.8, 4) is 11.5 Å². The third-order valence-corrected chi connectivity index (χ3v) is 5.13. The smallest absolute Gasteiger partial charge is 0.234 e. The van der Waals surface area contributed by atoms with Crippen LogP contribution in [0.1, 0.15) is 11.3 Å². The summed E-state index contributed by atoms with van der Waals surface area (Å²) >= 11 is 1.33. The van der Waals surface area contributed by atoms with Gasteiger partial charge in [-0.25, -0.2) is 4.98 Å². The highest BCUT2D eigenvalue weighted by Crippen LogP contribution is 2.34. The molecule has 0 aliphatic carbocycles. The number of hydrogen-bond acceptors (Lipinski definition) is 6. The first-order chi connectivity index (χ1) is 13.7. The van der Waals surface area contributed by atoms with Crippen molar-refractivity contribution in [2.24, 2.45) is 0 Å². The molecule has 1 aliphatic heterocycles. The fourth-order valence-corrected chi connectivity index (χ4v) is 3.63. The third-order valence-electron chi connectivity index (χ3n) is 4.14. The van der Waals surface area contributed by atoms with Crippen molar-refractivity contribution >= 4 is 23.4 Å². The second-order valence-electron chi connectivity index (χ2n) is 6.19. The topological polar surface area (TPSA) is 85.6 Å². The average molecular weight is 397 g/mol. The van der Waals surface area contributed by atoms with Crippen molar-refractivity contribution in [2.75, 3.05) is 17.9 Å². The number of aromatic nitrogens is 2. The summed E-state index contributed by atoms with van der Waals surface area (Å²) < 4.78 is 12.5. The molecule has 1 aliphatic rings. The van der Waals surface area contributed by atoms with Gasteiger partial charge in [-0.2, -0.15) is 0 Å². The first-order valence-corrected chi connectivity index (χ1v) is 9.73. The lowest BCUT2D eigenvalue weighted by molar-refractivity contribution is -0.113. The number of imidazole rings is 1. The fraction of sp³-hybridized carbons (Fsp3) is 0.200. The van der Waals surface area contributed by atoms with Gasteiger partial charge in [-0.3, -0.25) is 4.79 Å². The minimum absolute atomic E-state index is 0.140. The van der Waals surface area contributed by atoms with E-state index in [4.69, 9.17) is 9.47 Å². The summed E-state index contributed by atoms with van der Waals surface area (Å²) in [6, 6.07) is 15.3. The van der Waals surface area contributed by atoms with Gasteiger partial charge in [-0.15, -0.1) is 0 Å². The van der Waals surface area contributed by atoms with Gasteiger partial charge in [0.25, 0.3) is 0 Å². The molecular weight excluding hydrogens is 378 g/mol. The number of rotatable bonds is 7. The first kappa shape index (κ1) is 18.4. The van der Waals surface area contributed by atoms with Crippen molar-refractivity contribution in [2.45, 2.75) is 18.3 Å². The van der Waals surface area contributed by atoms with E-state index in [1.165, 1.54) is 11.8 Å². The molecule has 0 spiro atoms. The number of anilines is 1. The molecule has 3 aromatic rings. The predicted molar refractivity (Wildman–Crippen MR) is 106 cm³/mol. The van der Waals surface area contributed by atoms with Gasteiger partial charge in [0, 0.05) is 24.5 Å². The van der Waals surface area contributed by atoms with Crippen LogP contribution < -0.4 is 14.8 Å². The van der Waals surface area contributed by atoms with Crippen LogP contribution in [-0.4, -0.2) is 33.1 Å². The minimum Gasteiger partial charge on any atom is -0.454 e. The molecule has 8 heteroatoms. The third kappa shape index (κ3) is 4.29. The van der Waals surface area contributed by atoms with E-state index in [0.29, 0.717) is 34.6 Å². The second-order valence-corrected chi connectivity index (χ2v) is 7.13. The van der Waals surface area contributed by atoms with Crippen LogP contribution in [0.25, 0.3) is 0 Å².